The third kappa shape index (κ3) is 5.06. The van der Waals surface area contributed by atoms with Crippen LogP contribution >= 0.6 is 0 Å². The van der Waals surface area contributed by atoms with E-state index >= 15 is 0 Å². The molecule has 1 atom stereocenters. The van der Waals surface area contributed by atoms with Crippen molar-refractivity contribution in [2.45, 2.75) is 27.2 Å². The SMILES string of the molecule is COc1ccc(N2CC(C(=O)Nc3ccc(Nc4ccc(-n5nc(C)c(C)c5C)nn4)cc3)CC2=O)cc1. The van der Waals surface area contributed by atoms with Crippen LogP contribution in [0.25, 0.3) is 5.82 Å². The van der Waals surface area contributed by atoms with E-state index in [1.54, 1.807) is 41.0 Å². The maximum Gasteiger partial charge on any atom is 0.229 e. The number of hydrogen-bond donors (Lipinski definition) is 2. The summed E-state index contributed by atoms with van der Waals surface area (Å²) in [4.78, 5) is 27.0. The van der Waals surface area contributed by atoms with E-state index in [-0.39, 0.29) is 18.2 Å². The van der Waals surface area contributed by atoms with Crippen molar-refractivity contribution in [3.05, 3.63) is 77.6 Å². The van der Waals surface area contributed by atoms with Crippen LogP contribution in [0.5, 0.6) is 5.75 Å². The van der Waals surface area contributed by atoms with Crippen molar-refractivity contribution < 1.29 is 14.3 Å². The van der Waals surface area contributed by atoms with Crippen molar-refractivity contribution >= 4 is 34.7 Å². The Labute approximate surface area is 220 Å². The lowest BCUT2D eigenvalue weighted by atomic mass is 10.1. The first-order valence-corrected chi connectivity index (χ1v) is 12.3. The molecule has 10 nitrogen and oxygen atoms in total. The predicted molar refractivity (Wildman–Crippen MR) is 145 cm³/mol. The molecule has 1 aliphatic heterocycles. The Kier molecular flexibility index (Phi) is 6.78. The summed E-state index contributed by atoms with van der Waals surface area (Å²) in [5.74, 6) is 1.27. The molecule has 10 heteroatoms. The summed E-state index contributed by atoms with van der Waals surface area (Å²) in [7, 11) is 1.59. The summed E-state index contributed by atoms with van der Waals surface area (Å²) in [5, 5.41) is 19.2. The van der Waals surface area contributed by atoms with Gasteiger partial charge in [-0.25, -0.2) is 4.68 Å². The molecule has 2 aromatic heterocycles. The molecule has 3 heterocycles. The van der Waals surface area contributed by atoms with Crippen molar-refractivity contribution in [2.75, 3.05) is 29.2 Å². The summed E-state index contributed by atoms with van der Waals surface area (Å²) in [6.07, 6.45) is 0.170. The van der Waals surface area contributed by atoms with Gasteiger partial charge in [-0.2, -0.15) is 5.10 Å². The molecule has 0 spiro atoms. The van der Waals surface area contributed by atoms with Crippen LogP contribution in [-0.4, -0.2) is 45.4 Å². The van der Waals surface area contributed by atoms with Crippen LogP contribution in [0.3, 0.4) is 0 Å². The van der Waals surface area contributed by atoms with Gasteiger partial charge in [-0.3, -0.25) is 9.59 Å². The van der Waals surface area contributed by atoms with Crippen LogP contribution in [0.15, 0.2) is 60.7 Å². The van der Waals surface area contributed by atoms with E-state index in [1.165, 1.54) is 0 Å². The molecule has 5 rings (SSSR count). The molecule has 4 aromatic rings. The Morgan fingerprint density at radius 1 is 0.947 bits per heavy atom. The number of amides is 2. The zero-order chi connectivity index (χ0) is 26.8. The lowest BCUT2D eigenvalue weighted by Crippen LogP contribution is -2.28. The molecule has 1 saturated heterocycles. The number of aryl methyl sites for hydroxylation is 1. The van der Waals surface area contributed by atoms with Gasteiger partial charge in [0.1, 0.15) is 5.75 Å². The Morgan fingerprint density at radius 3 is 2.26 bits per heavy atom. The van der Waals surface area contributed by atoms with E-state index in [9.17, 15) is 9.59 Å². The smallest absolute Gasteiger partial charge is 0.229 e. The monoisotopic (exact) mass is 511 g/mol. The second-order valence-electron chi connectivity index (χ2n) is 9.28. The van der Waals surface area contributed by atoms with Gasteiger partial charge < -0.3 is 20.3 Å². The molecule has 1 fully saturated rings. The number of methoxy groups -OCH3 is 1. The van der Waals surface area contributed by atoms with Gasteiger partial charge >= 0.3 is 0 Å². The molecular formula is C28H29N7O3. The number of carbonyl (C=O) groups excluding carboxylic acids is 2. The Bertz CT molecular complexity index is 1460. The van der Waals surface area contributed by atoms with Crippen LogP contribution in [0.2, 0.25) is 0 Å². The summed E-state index contributed by atoms with van der Waals surface area (Å²) in [6, 6.07) is 18.2. The quantitative estimate of drug-likeness (QED) is 0.380. The summed E-state index contributed by atoms with van der Waals surface area (Å²) < 4.78 is 6.96. The van der Waals surface area contributed by atoms with Gasteiger partial charge in [-0.05, 0) is 87.0 Å². The van der Waals surface area contributed by atoms with Gasteiger partial charge in [-0.15, -0.1) is 10.2 Å². The molecule has 194 valence electrons. The van der Waals surface area contributed by atoms with Crippen molar-refractivity contribution in [2.24, 2.45) is 5.92 Å². The highest BCUT2D eigenvalue weighted by Gasteiger charge is 2.35. The van der Waals surface area contributed by atoms with Crippen molar-refractivity contribution in [3.8, 4) is 11.6 Å². The van der Waals surface area contributed by atoms with E-state index in [1.807, 2.05) is 57.2 Å². The molecule has 0 saturated carbocycles. The van der Waals surface area contributed by atoms with E-state index in [4.69, 9.17) is 4.74 Å². The number of nitrogens with one attached hydrogen (secondary N) is 2. The van der Waals surface area contributed by atoms with Gasteiger partial charge in [0.2, 0.25) is 11.8 Å². The molecule has 0 bridgehead atoms. The average molecular weight is 512 g/mol. The first-order chi connectivity index (χ1) is 18.3. The second kappa shape index (κ2) is 10.3. The second-order valence-corrected chi connectivity index (χ2v) is 9.28. The number of ether oxygens (including phenoxy) is 1. The van der Waals surface area contributed by atoms with Crippen LogP contribution in [0.4, 0.5) is 22.9 Å². The lowest BCUT2D eigenvalue weighted by molar-refractivity contribution is -0.122. The molecule has 2 aromatic carbocycles. The van der Waals surface area contributed by atoms with Crippen molar-refractivity contribution in [3.63, 3.8) is 0 Å². The minimum absolute atomic E-state index is 0.0741. The molecule has 2 N–H and O–H groups in total. The Balaban J connectivity index is 1.18. The zero-order valence-corrected chi connectivity index (χ0v) is 21.7. The highest BCUT2D eigenvalue weighted by atomic mass is 16.5. The highest BCUT2D eigenvalue weighted by Crippen LogP contribution is 2.28. The Morgan fingerprint density at radius 2 is 1.66 bits per heavy atom. The fourth-order valence-corrected chi connectivity index (χ4v) is 4.37. The van der Waals surface area contributed by atoms with Gasteiger partial charge in [-0.1, -0.05) is 0 Å². The van der Waals surface area contributed by atoms with Crippen LogP contribution in [-0.2, 0) is 9.59 Å². The number of aromatic nitrogens is 4. The molecule has 0 aliphatic carbocycles. The summed E-state index contributed by atoms with van der Waals surface area (Å²) >= 11 is 0. The third-order valence-electron chi connectivity index (χ3n) is 6.83. The van der Waals surface area contributed by atoms with Crippen LogP contribution in [0.1, 0.15) is 23.4 Å². The van der Waals surface area contributed by atoms with Gasteiger partial charge in [0.05, 0.1) is 18.7 Å². The molecule has 38 heavy (non-hydrogen) atoms. The van der Waals surface area contributed by atoms with E-state index in [0.29, 0.717) is 29.6 Å². The van der Waals surface area contributed by atoms with Crippen LogP contribution in [0, 0.1) is 26.7 Å². The lowest BCUT2D eigenvalue weighted by Gasteiger charge is -2.17. The summed E-state index contributed by atoms with van der Waals surface area (Å²) in [5.41, 5.74) is 5.34. The minimum atomic E-state index is -0.429. The largest absolute Gasteiger partial charge is 0.497 e. The number of rotatable bonds is 7. The zero-order valence-electron chi connectivity index (χ0n) is 21.7. The van der Waals surface area contributed by atoms with Gasteiger partial charge in [0, 0.05) is 35.7 Å². The maximum atomic E-state index is 12.9. The number of hydrogen-bond acceptors (Lipinski definition) is 7. The topological polar surface area (TPSA) is 114 Å². The number of nitrogens with zero attached hydrogens (tertiary/aromatic N) is 5. The first kappa shape index (κ1) is 24.9. The van der Waals surface area contributed by atoms with Gasteiger partial charge in [0.15, 0.2) is 11.6 Å². The molecular weight excluding hydrogens is 482 g/mol. The summed E-state index contributed by atoms with van der Waals surface area (Å²) in [6.45, 7) is 6.35. The fourth-order valence-electron chi connectivity index (χ4n) is 4.37. The minimum Gasteiger partial charge on any atom is -0.497 e. The van der Waals surface area contributed by atoms with E-state index < -0.39 is 5.92 Å². The van der Waals surface area contributed by atoms with Crippen molar-refractivity contribution in [1.29, 1.82) is 0 Å². The molecule has 0 radical (unpaired) electrons. The maximum absolute atomic E-state index is 12.9. The normalized spacial score (nSPS) is 15.0. The van der Waals surface area contributed by atoms with E-state index in [0.717, 1.165) is 28.3 Å². The van der Waals surface area contributed by atoms with Gasteiger partial charge in [0.25, 0.3) is 0 Å². The first-order valence-electron chi connectivity index (χ1n) is 12.3. The number of anilines is 4. The molecule has 2 amide bonds. The number of carbonyl (C=O) groups is 2. The predicted octanol–water partition coefficient (Wildman–Crippen LogP) is 4.33. The molecule has 1 unspecified atom stereocenters. The highest BCUT2D eigenvalue weighted by molar-refractivity contribution is 6.03. The molecule has 1 aliphatic rings. The fraction of sp³-hybridized carbons (Fsp3) is 0.250. The van der Waals surface area contributed by atoms with E-state index in [2.05, 4.69) is 25.9 Å². The van der Waals surface area contributed by atoms with Crippen molar-refractivity contribution in [1.82, 2.24) is 20.0 Å². The average Bonchev–Trinajstić information content (AvgIpc) is 3.45. The Hall–Kier alpha value is -4.73. The standard InChI is InChI=1S/C28H29N7O3/c1-17-18(2)33-35(19(17)3)26-14-13-25(31-32-26)29-21-5-7-22(8-6-21)30-28(37)20-15-27(36)34(16-20)23-9-11-24(38-4)12-10-23/h5-14,20H,15-16H2,1-4H3,(H,29,31)(H,30,37). The third-order valence-corrected chi connectivity index (χ3v) is 6.83. The van der Waals surface area contributed by atoms with Crippen LogP contribution < -0.4 is 20.3 Å². The number of benzene rings is 2.